The molecule has 1 aromatic heterocycles. The van der Waals surface area contributed by atoms with Crippen molar-refractivity contribution in [2.45, 2.75) is 18.5 Å². The average Bonchev–Trinajstić information content (AvgIpc) is 2.83. The SMILES string of the molecule is O=[N+]([O-])c1ccc(Nc2cnn(CC(F)(F)F)c2)c(CS(=O)(=O)F)c1. The fourth-order valence-corrected chi connectivity index (χ4v) is 2.58. The molecule has 0 aliphatic heterocycles. The van der Waals surface area contributed by atoms with Crippen LogP contribution < -0.4 is 5.32 Å². The lowest BCUT2D eigenvalue weighted by Crippen LogP contribution is -2.17. The van der Waals surface area contributed by atoms with Crippen LogP contribution >= 0.6 is 0 Å². The lowest BCUT2D eigenvalue weighted by Gasteiger charge is -2.09. The second-order valence-electron chi connectivity index (χ2n) is 4.95. The second-order valence-corrected chi connectivity index (χ2v) is 6.31. The molecule has 0 saturated heterocycles. The van der Waals surface area contributed by atoms with E-state index in [1.165, 1.54) is 0 Å². The number of nitrogens with zero attached hydrogens (tertiary/aromatic N) is 3. The van der Waals surface area contributed by atoms with Crippen LogP contribution in [0.4, 0.5) is 34.1 Å². The molecule has 0 aliphatic carbocycles. The summed E-state index contributed by atoms with van der Waals surface area (Å²) in [6, 6.07) is 3.02. The summed E-state index contributed by atoms with van der Waals surface area (Å²) in [7, 11) is -4.99. The molecule has 0 atom stereocenters. The molecule has 1 heterocycles. The second kappa shape index (κ2) is 6.66. The molecule has 0 unspecified atom stereocenters. The highest BCUT2D eigenvalue weighted by atomic mass is 32.3. The molecule has 0 amide bonds. The van der Waals surface area contributed by atoms with Crippen molar-refractivity contribution < 1.29 is 30.4 Å². The Morgan fingerprint density at radius 3 is 2.56 bits per heavy atom. The van der Waals surface area contributed by atoms with Gasteiger partial charge in [-0.1, -0.05) is 0 Å². The number of aromatic nitrogens is 2. The number of non-ortho nitro benzene ring substituents is 1. The number of nitrogens with one attached hydrogen (secondary N) is 1. The van der Waals surface area contributed by atoms with E-state index in [0.717, 1.165) is 30.6 Å². The van der Waals surface area contributed by atoms with Crippen LogP contribution in [0.2, 0.25) is 0 Å². The number of hydrogen-bond donors (Lipinski definition) is 1. The third-order valence-electron chi connectivity index (χ3n) is 2.88. The topological polar surface area (TPSA) is 107 Å². The monoisotopic (exact) mass is 382 g/mol. The summed E-state index contributed by atoms with van der Waals surface area (Å²) in [6.07, 6.45) is -2.44. The smallest absolute Gasteiger partial charge is 0.353 e. The van der Waals surface area contributed by atoms with Crippen LogP contribution in [0.5, 0.6) is 0 Å². The third kappa shape index (κ3) is 5.70. The first-order valence-electron chi connectivity index (χ1n) is 6.49. The van der Waals surface area contributed by atoms with Gasteiger partial charge in [-0.05, 0) is 6.07 Å². The van der Waals surface area contributed by atoms with Crippen LogP contribution in [0.25, 0.3) is 0 Å². The van der Waals surface area contributed by atoms with Crippen molar-refractivity contribution in [3.63, 3.8) is 0 Å². The van der Waals surface area contributed by atoms with Crippen LogP contribution in [0.15, 0.2) is 30.6 Å². The van der Waals surface area contributed by atoms with E-state index in [0.29, 0.717) is 4.68 Å². The molecule has 8 nitrogen and oxygen atoms in total. The molecule has 2 aromatic rings. The molecular formula is C12H10F4N4O4S. The highest BCUT2D eigenvalue weighted by Gasteiger charge is 2.28. The molecular weight excluding hydrogens is 372 g/mol. The first-order chi connectivity index (χ1) is 11.4. The summed E-state index contributed by atoms with van der Waals surface area (Å²) in [6.45, 7) is -1.33. The zero-order valence-electron chi connectivity index (χ0n) is 12.2. The van der Waals surface area contributed by atoms with E-state index in [2.05, 4.69) is 10.4 Å². The molecule has 0 radical (unpaired) electrons. The number of benzene rings is 1. The van der Waals surface area contributed by atoms with E-state index < -0.39 is 39.3 Å². The van der Waals surface area contributed by atoms with E-state index in [1.807, 2.05) is 0 Å². The molecule has 25 heavy (non-hydrogen) atoms. The van der Waals surface area contributed by atoms with Gasteiger partial charge in [-0.15, -0.1) is 3.89 Å². The maximum atomic E-state index is 12.9. The quantitative estimate of drug-likeness (QED) is 0.356. The van der Waals surface area contributed by atoms with Crippen LogP contribution in [0.3, 0.4) is 0 Å². The van der Waals surface area contributed by atoms with E-state index in [4.69, 9.17) is 0 Å². The predicted octanol–water partition coefficient (Wildman–Crippen LogP) is 2.90. The molecule has 1 N–H and O–H groups in total. The zero-order valence-corrected chi connectivity index (χ0v) is 13.0. The minimum absolute atomic E-state index is 0.0154. The summed E-state index contributed by atoms with van der Waals surface area (Å²) in [4.78, 5) is 9.95. The maximum absolute atomic E-state index is 12.9. The van der Waals surface area contributed by atoms with Crippen molar-refractivity contribution in [3.8, 4) is 0 Å². The molecule has 0 aliphatic rings. The number of rotatable bonds is 6. The van der Waals surface area contributed by atoms with Crippen molar-refractivity contribution in [3.05, 3.63) is 46.3 Å². The van der Waals surface area contributed by atoms with Gasteiger partial charge in [0.25, 0.3) is 5.69 Å². The summed E-state index contributed by atoms with van der Waals surface area (Å²) in [5.74, 6) is -1.13. The Labute approximate surface area is 138 Å². The van der Waals surface area contributed by atoms with Crippen LogP contribution in [0.1, 0.15) is 5.56 Å². The van der Waals surface area contributed by atoms with Crippen molar-refractivity contribution >= 4 is 27.3 Å². The maximum Gasteiger partial charge on any atom is 0.408 e. The van der Waals surface area contributed by atoms with Gasteiger partial charge >= 0.3 is 16.4 Å². The summed E-state index contributed by atoms with van der Waals surface area (Å²) >= 11 is 0. The Kier molecular flexibility index (Phi) is 4.97. The molecule has 13 heteroatoms. The third-order valence-corrected chi connectivity index (χ3v) is 3.54. The van der Waals surface area contributed by atoms with Gasteiger partial charge in [0.2, 0.25) is 0 Å². The lowest BCUT2D eigenvalue weighted by atomic mass is 10.1. The van der Waals surface area contributed by atoms with Gasteiger partial charge in [0.15, 0.2) is 0 Å². The van der Waals surface area contributed by atoms with E-state index >= 15 is 0 Å². The first kappa shape index (κ1) is 18.6. The van der Waals surface area contributed by atoms with Crippen molar-refractivity contribution in [1.82, 2.24) is 9.78 Å². The van der Waals surface area contributed by atoms with Gasteiger partial charge in [-0.25, -0.2) is 0 Å². The molecule has 136 valence electrons. The molecule has 0 bridgehead atoms. The van der Waals surface area contributed by atoms with Crippen molar-refractivity contribution in [2.75, 3.05) is 5.32 Å². The molecule has 0 fully saturated rings. The number of anilines is 2. The van der Waals surface area contributed by atoms with Crippen LogP contribution in [-0.2, 0) is 22.5 Å². The highest BCUT2D eigenvalue weighted by molar-refractivity contribution is 7.85. The van der Waals surface area contributed by atoms with Crippen LogP contribution in [0, 0.1) is 10.1 Å². The fourth-order valence-electron chi connectivity index (χ4n) is 1.97. The fraction of sp³-hybridized carbons (Fsp3) is 0.250. The van der Waals surface area contributed by atoms with Gasteiger partial charge < -0.3 is 5.32 Å². The minimum Gasteiger partial charge on any atom is -0.353 e. The Morgan fingerprint density at radius 1 is 1.32 bits per heavy atom. The van der Waals surface area contributed by atoms with Gasteiger partial charge in [0.1, 0.15) is 12.3 Å². The lowest BCUT2D eigenvalue weighted by molar-refractivity contribution is -0.384. The van der Waals surface area contributed by atoms with Crippen molar-refractivity contribution in [1.29, 1.82) is 0 Å². The van der Waals surface area contributed by atoms with Crippen molar-refractivity contribution in [2.24, 2.45) is 0 Å². The van der Waals surface area contributed by atoms with E-state index in [9.17, 15) is 35.6 Å². The minimum atomic E-state index is -4.99. The summed E-state index contributed by atoms with van der Waals surface area (Å²) in [5, 5.41) is 16.8. The van der Waals surface area contributed by atoms with Gasteiger partial charge in [0, 0.05) is 29.6 Å². The normalized spacial score (nSPS) is 12.2. The highest BCUT2D eigenvalue weighted by Crippen LogP contribution is 2.27. The number of nitro groups is 1. The molecule has 2 rings (SSSR count). The van der Waals surface area contributed by atoms with Gasteiger partial charge in [-0.3, -0.25) is 14.8 Å². The summed E-state index contributed by atoms with van der Waals surface area (Å²) < 4.78 is 72.1. The molecule has 0 saturated carbocycles. The van der Waals surface area contributed by atoms with E-state index in [-0.39, 0.29) is 16.9 Å². The predicted molar refractivity (Wildman–Crippen MR) is 78.4 cm³/mol. The Morgan fingerprint density at radius 2 is 2.00 bits per heavy atom. The Balaban J connectivity index is 2.30. The number of alkyl halides is 3. The molecule has 0 spiro atoms. The Bertz CT molecular complexity index is 895. The van der Waals surface area contributed by atoms with E-state index in [1.54, 1.807) is 0 Å². The Hall–Kier alpha value is -2.70. The largest absolute Gasteiger partial charge is 0.408 e. The zero-order chi connectivity index (χ0) is 18.8. The summed E-state index contributed by atoms with van der Waals surface area (Å²) in [5.41, 5.74) is -0.661. The average molecular weight is 382 g/mol. The number of hydrogen-bond acceptors (Lipinski definition) is 6. The first-order valence-corrected chi connectivity index (χ1v) is 8.04. The molecule has 1 aromatic carbocycles. The van der Waals surface area contributed by atoms with Crippen LogP contribution in [-0.4, -0.2) is 29.3 Å². The number of nitro benzene ring substituents is 1. The van der Waals surface area contributed by atoms with Gasteiger partial charge in [-0.2, -0.15) is 26.7 Å². The number of halogens is 4. The van der Waals surface area contributed by atoms with Gasteiger partial charge in [0.05, 0.1) is 16.8 Å². The standard InChI is InChI=1S/C12H10F4N4O4S/c13-12(14,15)7-19-5-9(4-17-19)18-11-2-1-10(20(21)22)3-8(11)6-25(16,23)24/h1-5,18H,6-7H2.